The molecule has 2 fully saturated rings. The van der Waals surface area contributed by atoms with Crippen molar-refractivity contribution in [1.29, 1.82) is 0 Å². The number of nitrogens with zero attached hydrogens (tertiary/aromatic N) is 5. The number of hydrogen-bond acceptors (Lipinski definition) is 7. The number of carbonyl (C=O) groups excluding carboxylic acids is 1. The van der Waals surface area contributed by atoms with E-state index in [-0.39, 0.29) is 11.8 Å². The first-order valence-corrected chi connectivity index (χ1v) is 9.92. The van der Waals surface area contributed by atoms with Crippen LogP contribution in [0.15, 0.2) is 43.0 Å². The molecule has 8 heteroatoms. The Morgan fingerprint density at radius 2 is 1.97 bits per heavy atom. The maximum absolute atomic E-state index is 12.6. The summed E-state index contributed by atoms with van der Waals surface area (Å²) in [7, 11) is 0. The van der Waals surface area contributed by atoms with Crippen LogP contribution in [-0.4, -0.2) is 63.1 Å². The monoisotopic (exact) mass is 390 g/mol. The van der Waals surface area contributed by atoms with E-state index in [0.29, 0.717) is 12.0 Å². The van der Waals surface area contributed by atoms with E-state index in [1.54, 1.807) is 24.8 Å². The Morgan fingerprint density at radius 1 is 1.10 bits per heavy atom. The minimum atomic E-state index is -0.000981. The molecule has 0 unspecified atom stereocenters. The second-order valence-electron chi connectivity index (χ2n) is 7.52. The van der Waals surface area contributed by atoms with Gasteiger partial charge in [-0.05, 0) is 18.9 Å². The zero-order valence-corrected chi connectivity index (χ0v) is 16.0. The molecule has 0 atom stereocenters. The molecule has 1 aromatic carbocycles. The number of benzene rings is 1. The van der Waals surface area contributed by atoms with Crippen molar-refractivity contribution in [3.05, 3.63) is 43.0 Å². The third kappa shape index (κ3) is 3.81. The minimum absolute atomic E-state index is 0.000981. The summed E-state index contributed by atoms with van der Waals surface area (Å²) in [6.07, 6.45) is 8.52. The second-order valence-corrected chi connectivity index (χ2v) is 7.52. The van der Waals surface area contributed by atoms with Gasteiger partial charge in [0.1, 0.15) is 0 Å². The van der Waals surface area contributed by atoms with Gasteiger partial charge in [0.25, 0.3) is 0 Å². The number of anilines is 1. The van der Waals surface area contributed by atoms with E-state index in [1.165, 1.54) is 0 Å². The van der Waals surface area contributed by atoms with Gasteiger partial charge in [0, 0.05) is 54.6 Å². The topological polar surface area (TPSA) is 93.1 Å². The first-order valence-electron chi connectivity index (χ1n) is 9.92. The van der Waals surface area contributed by atoms with E-state index in [0.717, 1.165) is 61.3 Å². The number of carbonyl (C=O) groups is 1. The molecule has 29 heavy (non-hydrogen) atoms. The van der Waals surface area contributed by atoms with Crippen LogP contribution in [0.4, 0.5) is 5.95 Å². The summed E-state index contributed by atoms with van der Waals surface area (Å²) in [6, 6.07) is 6.34. The lowest BCUT2D eigenvalue weighted by Crippen LogP contribution is -2.52. The van der Waals surface area contributed by atoms with Crippen LogP contribution < -0.4 is 5.32 Å². The number of fused-ring (bicyclic) bond motifs is 1. The molecule has 2 aromatic heterocycles. The summed E-state index contributed by atoms with van der Waals surface area (Å²) in [5.41, 5.74) is 2.47. The highest BCUT2D eigenvalue weighted by molar-refractivity contribution is 5.93. The quantitative estimate of drug-likeness (QED) is 0.729. The van der Waals surface area contributed by atoms with Gasteiger partial charge in [0.15, 0.2) is 0 Å². The lowest BCUT2D eigenvalue weighted by Gasteiger charge is -2.43. The Kier molecular flexibility index (Phi) is 4.87. The molecule has 0 spiro atoms. The molecule has 1 N–H and O–H groups in total. The van der Waals surface area contributed by atoms with Crippen molar-refractivity contribution in [3.63, 3.8) is 0 Å². The molecule has 2 aliphatic rings. The van der Waals surface area contributed by atoms with Gasteiger partial charge < -0.3 is 4.74 Å². The molecule has 8 nitrogen and oxygen atoms in total. The van der Waals surface area contributed by atoms with Gasteiger partial charge in [-0.3, -0.25) is 25.0 Å². The number of rotatable bonds is 4. The highest BCUT2D eigenvalue weighted by Crippen LogP contribution is 2.33. The van der Waals surface area contributed by atoms with E-state index in [4.69, 9.17) is 4.74 Å². The molecule has 0 bridgehead atoms. The molecular weight excluding hydrogens is 368 g/mol. The number of hydrogen-bond donors (Lipinski definition) is 1. The predicted molar refractivity (Wildman–Crippen MR) is 108 cm³/mol. The fourth-order valence-corrected chi connectivity index (χ4v) is 3.95. The van der Waals surface area contributed by atoms with Gasteiger partial charge in [0.2, 0.25) is 11.9 Å². The van der Waals surface area contributed by atoms with Crippen LogP contribution in [0.2, 0.25) is 0 Å². The molecule has 148 valence electrons. The summed E-state index contributed by atoms with van der Waals surface area (Å²) in [6.45, 7) is 3.49. The van der Waals surface area contributed by atoms with Gasteiger partial charge >= 0.3 is 0 Å². The molecule has 1 aliphatic carbocycles. The van der Waals surface area contributed by atoms with Gasteiger partial charge in [-0.2, -0.15) is 0 Å². The zero-order valence-electron chi connectivity index (χ0n) is 16.0. The maximum Gasteiger partial charge on any atom is 0.229 e. The number of amides is 1. The van der Waals surface area contributed by atoms with Gasteiger partial charge in [-0.15, -0.1) is 0 Å². The summed E-state index contributed by atoms with van der Waals surface area (Å²) < 4.78 is 5.40. The highest BCUT2D eigenvalue weighted by Gasteiger charge is 2.38. The van der Waals surface area contributed by atoms with Crippen LogP contribution in [0.1, 0.15) is 12.8 Å². The number of aromatic nitrogens is 4. The van der Waals surface area contributed by atoms with Crippen LogP contribution >= 0.6 is 0 Å². The van der Waals surface area contributed by atoms with Gasteiger partial charge in [-0.1, -0.05) is 12.1 Å². The van der Waals surface area contributed by atoms with Gasteiger partial charge in [0.05, 0.1) is 30.6 Å². The van der Waals surface area contributed by atoms with E-state index in [2.05, 4.69) is 30.2 Å². The first-order chi connectivity index (χ1) is 14.3. The molecule has 3 aromatic rings. The van der Waals surface area contributed by atoms with Crippen molar-refractivity contribution in [3.8, 4) is 11.3 Å². The summed E-state index contributed by atoms with van der Waals surface area (Å²) in [5, 5.41) is 3.80. The summed E-state index contributed by atoms with van der Waals surface area (Å²) >= 11 is 0. The largest absolute Gasteiger partial charge is 0.379 e. The van der Waals surface area contributed by atoms with Crippen LogP contribution in [0, 0.1) is 5.92 Å². The molecule has 1 amide bonds. The molecule has 1 saturated carbocycles. The van der Waals surface area contributed by atoms with Crippen LogP contribution in [0.5, 0.6) is 0 Å². The maximum atomic E-state index is 12.6. The molecule has 1 saturated heterocycles. The Hall–Kier alpha value is -2.97. The third-order valence-corrected chi connectivity index (χ3v) is 5.72. The van der Waals surface area contributed by atoms with Crippen molar-refractivity contribution in [1.82, 2.24) is 24.8 Å². The van der Waals surface area contributed by atoms with E-state index in [1.807, 2.05) is 18.2 Å². The Labute approximate surface area is 168 Å². The van der Waals surface area contributed by atoms with E-state index >= 15 is 0 Å². The number of nitrogens with one attached hydrogen (secondary N) is 1. The molecular formula is C21H22N6O2. The van der Waals surface area contributed by atoms with Crippen LogP contribution in [0.25, 0.3) is 22.2 Å². The van der Waals surface area contributed by atoms with Crippen LogP contribution in [-0.2, 0) is 9.53 Å². The highest BCUT2D eigenvalue weighted by atomic mass is 16.5. The molecule has 1 aliphatic heterocycles. The number of morpholine rings is 1. The number of ether oxygens (including phenoxy) is 1. The Bertz CT molecular complexity index is 1020. The SMILES string of the molecule is O=C(Nc1ncc2ccc(-c3cnccn3)cc2n1)C1CC(N2CCOCC2)C1. The lowest BCUT2D eigenvalue weighted by atomic mass is 9.78. The smallest absolute Gasteiger partial charge is 0.229 e. The first kappa shape index (κ1) is 18.1. The van der Waals surface area contributed by atoms with E-state index < -0.39 is 0 Å². The van der Waals surface area contributed by atoms with Crippen molar-refractivity contribution in [2.24, 2.45) is 5.92 Å². The normalized spacial score (nSPS) is 22.2. The molecule has 3 heterocycles. The predicted octanol–water partition coefficient (Wildman–Crippen LogP) is 2.14. The standard InChI is InChI=1S/C21H22N6O2/c28-20(16-9-17(10-16)27-5-7-29-8-6-27)26-21-24-12-15-2-1-14(11-18(15)25-21)19-13-22-3-4-23-19/h1-4,11-13,16-17H,5-10H2,(H,24,25,26,28). The third-order valence-electron chi connectivity index (χ3n) is 5.72. The van der Waals surface area contributed by atoms with Crippen molar-refractivity contribution >= 4 is 22.8 Å². The molecule has 5 rings (SSSR count). The van der Waals surface area contributed by atoms with Crippen molar-refractivity contribution in [2.75, 3.05) is 31.6 Å². The Balaban J connectivity index is 1.26. The zero-order chi connectivity index (χ0) is 19.6. The average Bonchev–Trinajstić information content (AvgIpc) is 2.73. The Morgan fingerprint density at radius 3 is 2.76 bits per heavy atom. The fourth-order valence-electron chi connectivity index (χ4n) is 3.95. The lowest BCUT2D eigenvalue weighted by molar-refractivity contribution is -0.125. The summed E-state index contributed by atoms with van der Waals surface area (Å²) in [4.78, 5) is 32.3. The average molecular weight is 390 g/mol. The second kappa shape index (κ2) is 7.81. The molecule has 0 radical (unpaired) electrons. The summed E-state index contributed by atoms with van der Waals surface area (Å²) in [5.74, 6) is 0.362. The van der Waals surface area contributed by atoms with Crippen LogP contribution in [0.3, 0.4) is 0 Å². The van der Waals surface area contributed by atoms with Crippen molar-refractivity contribution < 1.29 is 9.53 Å². The van der Waals surface area contributed by atoms with Gasteiger partial charge in [-0.25, -0.2) is 9.97 Å². The van der Waals surface area contributed by atoms with Crippen molar-refractivity contribution in [2.45, 2.75) is 18.9 Å². The minimum Gasteiger partial charge on any atom is -0.379 e. The fraction of sp³-hybridized carbons (Fsp3) is 0.381. The van der Waals surface area contributed by atoms with E-state index in [9.17, 15) is 4.79 Å².